The lowest BCUT2D eigenvalue weighted by Gasteiger charge is -1.60. The topological polar surface area (TPSA) is 36.2 Å². The predicted octanol–water partition coefficient (Wildman–Crippen LogP) is 2.90. The average Bonchev–Trinajstić information content (AvgIpc) is 2.08. The van der Waals surface area contributed by atoms with Crippen molar-refractivity contribution in [2.45, 2.75) is 27.7 Å². The van der Waals surface area contributed by atoms with E-state index in [-0.39, 0.29) is 0 Å². The molecule has 10 heavy (non-hydrogen) atoms. The molecule has 0 aliphatic rings. The van der Waals surface area contributed by atoms with Gasteiger partial charge in [0.1, 0.15) is 0 Å². The quantitative estimate of drug-likeness (QED) is 0.575. The lowest BCUT2D eigenvalue weighted by Crippen LogP contribution is -1.51. The number of hydrogen-bond donors (Lipinski definition) is 1. The molecule has 0 saturated heterocycles. The summed E-state index contributed by atoms with van der Waals surface area (Å²) in [4.78, 5) is 3.34. The van der Waals surface area contributed by atoms with E-state index in [1.165, 1.54) is 12.3 Å². The van der Waals surface area contributed by atoms with E-state index in [1.54, 1.807) is 0 Å². The number of allylic oxidation sites excluding steroid dienone is 1. The number of rotatable bonds is 2. The van der Waals surface area contributed by atoms with Gasteiger partial charge in [0.15, 0.2) is 0 Å². The normalized spacial score (nSPS) is 6.40. The second-order valence-corrected chi connectivity index (χ2v) is 0.691. The van der Waals surface area contributed by atoms with E-state index in [9.17, 15) is 0 Å². The Bertz CT molecular complexity index is 65.3. The molecule has 0 spiro atoms. The van der Waals surface area contributed by atoms with Crippen LogP contribution in [0.2, 0.25) is 0 Å². The Morgan fingerprint density at radius 3 is 1.70 bits per heavy atom. The second-order valence-electron chi connectivity index (χ2n) is 0.691. The van der Waals surface area contributed by atoms with Crippen LogP contribution in [0, 0.1) is 5.41 Å². The number of nitrogens with one attached hydrogen (secondary N) is 1. The fourth-order valence-electron chi connectivity index (χ4n) is 0.104. The zero-order valence-electron chi connectivity index (χ0n) is 7.39. The highest BCUT2D eigenvalue weighted by Gasteiger charge is 1.49. The molecule has 0 aromatic rings. The fraction of sp³-hybridized carbons (Fsp3) is 0.500. The summed E-state index contributed by atoms with van der Waals surface area (Å²) in [5.41, 5.74) is 0. The third-order valence-electron chi connectivity index (χ3n) is 0.288. The van der Waals surface area contributed by atoms with E-state index in [0.717, 1.165) is 6.21 Å². The summed E-state index contributed by atoms with van der Waals surface area (Å²) in [6.45, 7) is 11.2. The van der Waals surface area contributed by atoms with Gasteiger partial charge in [-0.3, -0.25) is 4.99 Å². The van der Waals surface area contributed by atoms with Gasteiger partial charge in [0.05, 0.1) is 0 Å². The van der Waals surface area contributed by atoms with E-state index >= 15 is 0 Å². The molecule has 0 aliphatic carbocycles. The van der Waals surface area contributed by atoms with Crippen molar-refractivity contribution < 1.29 is 0 Å². The highest BCUT2D eigenvalue weighted by atomic mass is 14.6. The Morgan fingerprint density at radius 2 is 1.60 bits per heavy atom. The van der Waals surface area contributed by atoms with Crippen molar-refractivity contribution in [1.82, 2.24) is 0 Å². The summed E-state index contributed by atoms with van der Waals surface area (Å²) in [6, 6.07) is 0. The van der Waals surface area contributed by atoms with Gasteiger partial charge in [-0.05, 0) is 12.8 Å². The molecule has 1 N–H and O–H groups in total. The van der Waals surface area contributed by atoms with Crippen molar-refractivity contribution in [3.63, 3.8) is 0 Å². The Morgan fingerprint density at radius 1 is 1.20 bits per heavy atom. The summed E-state index contributed by atoms with van der Waals surface area (Å²) < 4.78 is 0. The largest absolute Gasteiger partial charge is 0.309 e. The molecule has 0 rings (SSSR count). The minimum Gasteiger partial charge on any atom is -0.309 e. The Kier molecular flexibility index (Phi) is 68.5. The molecule has 0 radical (unpaired) electrons. The van der Waals surface area contributed by atoms with E-state index in [2.05, 4.69) is 11.7 Å². The molecule has 0 aromatic carbocycles. The molecule has 2 heteroatoms. The maximum atomic E-state index is 6.41. The van der Waals surface area contributed by atoms with Crippen LogP contribution >= 0.6 is 0 Å². The van der Waals surface area contributed by atoms with Crippen LogP contribution < -0.4 is 0 Å². The summed E-state index contributed by atoms with van der Waals surface area (Å²) in [6.07, 6.45) is 4.09. The second kappa shape index (κ2) is 42.7. The van der Waals surface area contributed by atoms with Gasteiger partial charge in [-0.25, -0.2) is 0 Å². The van der Waals surface area contributed by atoms with Gasteiger partial charge in [-0.2, -0.15) is 0 Å². The van der Waals surface area contributed by atoms with Gasteiger partial charge < -0.3 is 5.41 Å². The predicted molar refractivity (Wildman–Crippen MR) is 50.2 cm³/mol. The number of aliphatic imine (C=N–C) groups is 1. The minimum absolute atomic E-state index is 1.15. The van der Waals surface area contributed by atoms with Crippen LogP contribution in [0.1, 0.15) is 27.7 Å². The highest BCUT2D eigenvalue weighted by molar-refractivity contribution is 5.67. The third kappa shape index (κ3) is 60.5. The lowest BCUT2D eigenvalue weighted by atomic mass is 10.7. The summed E-state index contributed by atoms with van der Waals surface area (Å²) in [5.74, 6) is 0. The maximum Gasteiger partial charge on any atom is 0.0275 e. The zero-order valence-corrected chi connectivity index (χ0v) is 7.39. The fourth-order valence-corrected chi connectivity index (χ4v) is 0.104. The van der Waals surface area contributed by atoms with Crippen molar-refractivity contribution in [2.75, 3.05) is 0 Å². The van der Waals surface area contributed by atoms with E-state index in [0.29, 0.717) is 0 Å². The molecular formula is C8H18N2. The molecule has 0 fully saturated rings. The first-order chi connectivity index (χ1) is 4.91. The molecule has 0 saturated carbocycles. The summed E-state index contributed by atoms with van der Waals surface area (Å²) >= 11 is 0. The van der Waals surface area contributed by atoms with Crippen LogP contribution in [0.5, 0.6) is 0 Å². The molecule has 0 aliphatic heterocycles. The smallest absolute Gasteiger partial charge is 0.0275 e. The first kappa shape index (κ1) is 16.0. The number of hydrogen-bond acceptors (Lipinski definition) is 2. The van der Waals surface area contributed by atoms with Crippen molar-refractivity contribution in [2.24, 2.45) is 4.99 Å². The van der Waals surface area contributed by atoms with Crippen molar-refractivity contribution >= 4 is 12.9 Å². The van der Waals surface area contributed by atoms with Gasteiger partial charge in [0, 0.05) is 12.4 Å². The van der Waals surface area contributed by atoms with Gasteiger partial charge in [-0.15, -0.1) is 0 Å². The Labute approximate surface area is 64.2 Å². The SMILES string of the molecule is C=N/C=C\C=N.CC.CC. The molecule has 0 heterocycles. The van der Waals surface area contributed by atoms with Crippen molar-refractivity contribution in [3.8, 4) is 0 Å². The molecule has 0 bridgehead atoms. The first-order valence-corrected chi connectivity index (χ1v) is 3.53. The summed E-state index contributed by atoms with van der Waals surface area (Å²) in [7, 11) is 0. The third-order valence-corrected chi connectivity index (χ3v) is 0.288. The van der Waals surface area contributed by atoms with Crippen molar-refractivity contribution in [3.05, 3.63) is 12.3 Å². The average molecular weight is 142 g/mol. The molecule has 0 atom stereocenters. The molecule has 2 nitrogen and oxygen atoms in total. The van der Waals surface area contributed by atoms with Crippen LogP contribution in [0.3, 0.4) is 0 Å². The summed E-state index contributed by atoms with van der Waals surface area (Å²) in [5, 5.41) is 6.41. The van der Waals surface area contributed by atoms with Crippen LogP contribution in [0.4, 0.5) is 0 Å². The molecule has 60 valence electrons. The first-order valence-electron chi connectivity index (χ1n) is 3.53. The van der Waals surface area contributed by atoms with E-state index < -0.39 is 0 Å². The van der Waals surface area contributed by atoms with Crippen LogP contribution in [-0.2, 0) is 0 Å². The Balaban J connectivity index is -0.000000105. The Hall–Kier alpha value is -0.920. The molecular weight excluding hydrogens is 124 g/mol. The van der Waals surface area contributed by atoms with Gasteiger partial charge >= 0.3 is 0 Å². The van der Waals surface area contributed by atoms with E-state index in [1.807, 2.05) is 27.7 Å². The van der Waals surface area contributed by atoms with Crippen LogP contribution in [-0.4, -0.2) is 12.9 Å². The minimum atomic E-state index is 1.15. The van der Waals surface area contributed by atoms with E-state index in [4.69, 9.17) is 5.41 Å². The monoisotopic (exact) mass is 142 g/mol. The highest BCUT2D eigenvalue weighted by Crippen LogP contribution is 1.62. The van der Waals surface area contributed by atoms with Gasteiger partial charge in [0.2, 0.25) is 0 Å². The standard InChI is InChI=1S/C4H6N2.2C2H6/c1-6-4-2-3-5;2*1-2/h2-5H,1H2;2*1-2H3/b4-2-,5-3?;;. The van der Waals surface area contributed by atoms with Gasteiger partial charge in [-0.1, -0.05) is 27.7 Å². The van der Waals surface area contributed by atoms with Crippen LogP contribution in [0.25, 0.3) is 0 Å². The lowest BCUT2D eigenvalue weighted by molar-refractivity contribution is 1.50. The zero-order chi connectivity index (χ0) is 8.83. The molecule has 0 amide bonds. The molecule has 0 unspecified atom stereocenters. The van der Waals surface area contributed by atoms with Crippen LogP contribution in [0.15, 0.2) is 17.3 Å². The van der Waals surface area contributed by atoms with Gasteiger partial charge in [0.25, 0.3) is 0 Å². The number of nitrogens with zero attached hydrogens (tertiary/aromatic N) is 1. The maximum absolute atomic E-state index is 6.41. The van der Waals surface area contributed by atoms with Crippen molar-refractivity contribution in [1.29, 1.82) is 5.41 Å². The molecule has 0 aromatic heterocycles.